The second-order valence-electron chi connectivity index (χ2n) is 4.20. The lowest BCUT2D eigenvalue weighted by atomic mass is 10.3. The zero-order valence-electron chi connectivity index (χ0n) is 11.9. The van der Waals surface area contributed by atoms with Crippen molar-refractivity contribution in [1.29, 1.82) is 0 Å². The molecule has 0 fully saturated rings. The molecule has 6 nitrogen and oxygen atoms in total. The van der Waals surface area contributed by atoms with E-state index in [1.165, 1.54) is 25.5 Å². The molecule has 0 radical (unpaired) electrons. The van der Waals surface area contributed by atoms with E-state index in [1.54, 1.807) is 36.4 Å². The molecule has 1 amide bonds. The average Bonchev–Trinajstić information content (AvgIpc) is 3.05. The molecule has 0 saturated carbocycles. The fraction of sp³-hybridized carbons (Fsp3) is 0.125. The summed E-state index contributed by atoms with van der Waals surface area (Å²) in [6.07, 6.45) is 4.14. The summed E-state index contributed by atoms with van der Waals surface area (Å²) in [5.41, 5.74) is 0.511. The first-order chi connectivity index (χ1) is 10.7. The summed E-state index contributed by atoms with van der Waals surface area (Å²) in [5, 5.41) is 2.60. The smallest absolute Gasteiger partial charge is 0.331 e. The van der Waals surface area contributed by atoms with E-state index in [-0.39, 0.29) is 6.61 Å². The number of para-hydroxylation sites is 2. The molecule has 1 N–H and O–H groups in total. The van der Waals surface area contributed by atoms with Crippen LogP contribution in [0.1, 0.15) is 5.76 Å². The van der Waals surface area contributed by atoms with Crippen LogP contribution in [0.4, 0.5) is 5.69 Å². The maximum absolute atomic E-state index is 11.7. The van der Waals surface area contributed by atoms with Crippen molar-refractivity contribution < 1.29 is 23.5 Å². The van der Waals surface area contributed by atoms with E-state index in [2.05, 4.69) is 5.32 Å². The normalized spacial score (nSPS) is 10.4. The topological polar surface area (TPSA) is 77.8 Å². The summed E-state index contributed by atoms with van der Waals surface area (Å²) in [5.74, 6) is -0.0360. The molecule has 0 bridgehead atoms. The van der Waals surface area contributed by atoms with Crippen LogP contribution in [0.25, 0.3) is 6.08 Å². The van der Waals surface area contributed by atoms with Crippen LogP contribution in [-0.2, 0) is 14.3 Å². The Morgan fingerprint density at radius 3 is 2.77 bits per heavy atom. The molecule has 0 aliphatic rings. The number of amides is 1. The Balaban J connectivity index is 1.81. The van der Waals surface area contributed by atoms with Crippen molar-refractivity contribution in [2.45, 2.75) is 0 Å². The van der Waals surface area contributed by atoms with Gasteiger partial charge in [0.05, 0.1) is 19.1 Å². The van der Waals surface area contributed by atoms with Gasteiger partial charge in [-0.2, -0.15) is 0 Å². The number of anilines is 1. The van der Waals surface area contributed by atoms with Crippen LogP contribution >= 0.6 is 0 Å². The van der Waals surface area contributed by atoms with E-state index in [0.717, 1.165) is 0 Å². The quantitative estimate of drug-likeness (QED) is 0.655. The molecule has 1 aromatic carbocycles. The lowest BCUT2D eigenvalue weighted by Crippen LogP contribution is -2.20. The minimum absolute atomic E-state index is 0.390. The van der Waals surface area contributed by atoms with Crippen LogP contribution in [0.15, 0.2) is 53.2 Å². The maximum Gasteiger partial charge on any atom is 0.331 e. The van der Waals surface area contributed by atoms with Crippen molar-refractivity contribution in [3.8, 4) is 5.75 Å². The number of nitrogens with one attached hydrogen (secondary N) is 1. The molecule has 6 heteroatoms. The monoisotopic (exact) mass is 301 g/mol. The van der Waals surface area contributed by atoms with E-state index in [1.807, 2.05) is 0 Å². The van der Waals surface area contributed by atoms with Gasteiger partial charge in [-0.3, -0.25) is 4.79 Å². The van der Waals surface area contributed by atoms with Gasteiger partial charge in [-0.05, 0) is 30.3 Å². The molecule has 0 atom stereocenters. The van der Waals surface area contributed by atoms with Gasteiger partial charge in [-0.25, -0.2) is 4.79 Å². The van der Waals surface area contributed by atoms with Gasteiger partial charge >= 0.3 is 5.97 Å². The Morgan fingerprint density at radius 2 is 2.05 bits per heavy atom. The summed E-state index contributed by atoms with van der Waals surface area (Å²) >= 11 is 0. The highest BCUT2D eigenvalue weighted by Crippen LogP contribution is 2.22. The first kappa shape index (κ1) is 15.4. The molecule has 0 unspecified atom stereocenters. The highest BCUT2D eigenvalue weighted by Gasteiger charge is 2.08. The van der Waals surface area contributed by atoms with E-state index >= 15 is 0 Å². The third-order valence-electron chi connectivity index (χ3n) is 2.65. The highest BCUT2D eigenvalue weighted by molar-refractivity contribution is 5.95. The lowest BCUT2D eigenvalue weighted by Gasteiger charge is -2.09. The van der Waals surface area contributed by atoms with Crippen molar-refractivity contribution in [2.24, 2.45) is 0 Å². The number of hydrogen-bond acceptors (Lipinski definition) is 5. The van der Waals surface area contributed by atoms with Crippen LogP contribution in [-0.4, -0.2) is 25.6 Å². The number of rotatable bonds is 6. The van der Waals surface area contributed by atoms with Crippen LogP contribution in [0.3, 0.4) is 0 Å². The van der Waals surface area contributed by atoms with Crippen molar-refractivity contribution in [3.05, 3.63) is 54.5 Å². The van der Waals surface area contributed by atoms with E-state index in [9.17, 15) is 9.59 Å². The fourth-order valence-electron chi connectivity index (χ4n) is 1.66. The van der Waals surface area contributed by atoms with E-state index < -0.39 is 11.9 Å². The summed E-state index contributed by atoms with van der Waals surface area (Å²) in [6.45, 7) is -0.390. The average molecular weight is 301 g/mol. The number of carbonyl (C=O) groups excluding carboxylic acids is 2. The van der Waals surface area contributed by atoms with Crippen LogP contribution in [0.5, 0.6) is 5.75 Å². The first-order valence-electron chi connectivity index (χ1n) is 6.50. The lowest BCUT2D eigenvalue weighted by molar-refractivity contribution is -0.142. The fourth-order valence-corrected chi connectivity index (χ4v) is 1.66. The SMILES string of the molecule is COc1ccccc1NC(=O)COC(=O)/C=C/c1ccco1. The number of hydrogen-bond donors (Lipinski definition) is 1. The molecule has 22 heavy (non-hydrogen) atoms. The number of methoxy groups -OCH3 is 1. The van der Waals surface area contributed by atoms with Gasteiger partial charge in [0.15, 0.2) is 6.61 Å². The van der Waals surface area contributed by atoms with Gasteiger partial charge < -0.3 is 19.2 Å². The number of benzene rings is 1. The standard InChI is InChI=1S/C16H15NO5/c1-20-14-7-3-2-6-13(14)17-15(18)11-22-16(19)9-8-12-5-4-10-21-12/h2-10H,11H2,1H3,(H,17,18)/b9-8+. The Kier molecular flexibility index (Phi) is 5.37. The minimum Gasteiger partial charge on any atom is -0.495 e. The molecule has 1 heterocycles. The van der Waals surface area contributed by atoms with Gasteiger partial charge in [-0.1, -0.05) is 12.1 Å². The molecule has 0 saturated heterocycles. The van der Waals surface area contributed by atoms with Crippen molar-refractivity contribution in [2.75, 3.05) is 19.0 Å². The summed E-state index contributed by atoms with van der Waals surface area (Å²) in [6, 6.07) is 10.3. The van der Waals surface area contributed by atoms with Crippen LogP contribution in [0.2, 0.25) is 0 Å². The van der Waals surface area contributed by atoms with Gasteiger partial charge in [0.1, 0.15) is 11.5 Å². The van der Waals surface area contributed by atoms with Crippen molar-refractivity contribution in [3.63, 3.8) is 0 Å². The third-order valence-corrected chi connectivity index (χ3v) is 2.65. The molecule has 0 spiro atoms. The summed E-state index contributed by atoms with van der Waals surface area (Å²) in [4.78, 5) is 23.2. The summed E-state index contributed by atoms with van der Waals surface area (Å²) < 4.78 is 15.0. The van der Waals surface area contributed by atoms with Crippen molar-refractivity contribution >= 4 is 23.6 Å². The highest BCUT2D eigenvalue weighted by atomic mass is 16.5. The van der Waals surface area contributed by atoms with Crippen molar-refractivity contribution in [1.82, 2.24) is 0 Å². The zero-order chi connectivity index (χ0) is 15.8. The number of furan rings is 1. The minimum atomic E-state index is -0.633. The molecule has 1 aromatic heterocycles. The van der Waals surface area contributed by atoms with E-state index in [0.29, 0.717) is 17.2 Å². The second kappa shape index (κ2) is 7.68. The van der Waals surface area contributed by atoms with Gasteiger partial charge in [-0.15, -0.1) is 0 Å². The summed E-state index contributed by atoms with van der Waals surface area (Å²) in [7, 11) is 1.50. The zero-order valence-corrected chi connectivity index (χ0v) is 11.9. The molecular weight excluding hydrogens is 286 g/mol. The Morgan fingerprint density at radius 1 is 1.23 bits per heavy atom. The second-order valence-corrected chi connectivity index (χ2v) is 4.20. The number of ether oxygens (including phenoxy) is 2. The van der Waals surface area contributed by atoms with Crippen LogP contribution in [0, 0.1) is 0 Å². The molecule has 114 valence electrons. The Hall–Kier alpha value is -3.02. The van der Waals surface area contributed by atoms with Crippen LogP contribution < -0.4 is 10.1 Å². The molecule has 0 aliphatic carbocycles. The van der Waals surface area contributed by atoms with Gasteiger partial charge in [0, 0.05) is 6.08 Å². The van der Waals surface area contributed by atoms with Gasteiger partial charge in [0.25, 0.3) is 5.91 Å². The number of carbonyl (C=O) groups is 2. The Bertz CT molecular complexity index is 661. The molecular formula is C16H15NO5. The number of esters is 1. The predicted octanol–water partition coefficient (Wildman–Crippen LogP) is 2.48. The molecule has 0 aliphatic heterocycles. The van der Waals surface area contributed by atoms with E-state index in [4.69, 9.17) is 13.9 Å². The maximum atomic E-state index is 11.7. The first-order valence-corrected chi connectivity index (χ1v) is 6.50. The third kappa shape index (κ3) is 4.52. The predicted molar refractivity (Wildman–Crippen MR) is 80.3 cm³/mol. The van der Waals surface area contributed by atoms with Gasteiger partial charge in [0.2, 0.25) is 0 Å². The Labute approximate surface area is 127 Å². The largest absolute Gasteiger partial charge is 0.495 e. The molecule has 2 rings (SSSR count). The molecule has 2 aromatic rings.